The second kappa shape index (κ2) is 7.46. The molecule has 0 bridgehead atoms. The first-order chi connectivity index (χ1) is 9.80. The number of hydrogen-bond acceptors (Lipinski definition) is 3. The second-order valence-corrected chi connectivity index (χ2v) is 5.11. The Morgan fingerprint density at radius 1 is 1.25 bits per heavy atom. The molecule has 1 heterocycles. The van der Waals surface area contributed by atoms with Gasteiger partial charge < -0.3 is 14.5 Å². The van der Waals surface area contributed by atoms with Gasteiger partial charge in [-0.2, -0.15) is 0 Å². The highest BCUT2D eigenvalue weighted by Gasteiger charge is 2.12. The van der Waals surface area contributed by atoms with Crippen LogP contribution in [0.4, 0.5) is 0 Å². The molecule has 3 heteroatoms. The van der Waals surface area contributed by atoms with Crippen LogP contribution in [0.5, 0.6) is 0 Å². The van der Waals surface area contributed by atoms with Crippen LogP contribution >= 0.6 is 0 Å². The van der Waals surface area contributed by atoms with Gasteiger partial charge in [0.15, 0.2) is 0 Å². The van der Waals surface area contributed by atoms with Crippen molar-refractivity contribution in [1.29, 1.82) is 0 Å². The molecular weight excluding hydrogens is 250 g/mol. The van der Waals surface area contributed by atoms with Crippen molar-refractivity contribution >= 4 is 11.0 Å². The molecule has 0 radical (unpaired) electrons. The van der Waals surface area contributed by atoms with Gasteiger partial charge in [0.1, 0.15) is 11.3 Å². The minimum absolute atomic E-state index is 0.760. The van der Waals surface area contributed by atoms with Crippen LogP contribution in [-0.4, -0.2) is 20.3 Å². The molecule has 0 amide bonds. The Balaban J connectivity index is 2.26. The lowest BCUT2D eigenvalue weighted by Gasteiger charge is -2.02. The van der Waals surface area contributed by atoms with Gasteiger partial charge in [-0.1, -0.05) is 19.9 Å². The van der Waals surface area contributed by atoms with Crippen LogP contribution in [0.3, 0.4) is 0 Å². The summed E-state index contributed by atoms with van der Waals surface area (Å²) < 4.78 is 11.2. The summed E-state index contributed by atoms with van der Waals surface area (Å²) in [5, 5.41) is 4.68. The van der Waals surface area contributed by atoms with Gasteiger partial charge in [0, 0.05) is 18.1 Å². The third-order valence-corrected chi connectivity index (χ3v) is 3.60. The normalized spacial score (nSPS) is 11.3. The van der Waals surface area contributed by atoms with E-state index in [4.69, 9.17) is 9.15 Å². The largest absolute Gasteiger partial charge is 0.459 e. The molecular formula is C17H25NO2. The minimum atomic E-state index is 0.760. The average molecular weight is 275 g/mol. The number of aryl methyl sites for hydroxylation is 1. The number of ether oxygens (including phenoxy) is 1. The number of benzene rings is 1. The van der Waals surface area contributed by atoms with E-state index in [-0.39, 0.29) is 0 Å². The molecule has 0 aliphatic rings. The molecule has 1 N–H and O–H groups in total. The smallest absolute Gasteiger partial charge is 0.134 e. The van der Waals surface area contributed by atoms with Gasteiger partial charge in [-0.05, 0) is 43.5 Å². The van der Waals surface area contributed by atoms with Crippen LogP contribution in [0.2, 0.25) is 0 Å². The Hall–Kier alpha value is -1.32. The van der Waals surface area contributed by atoms with Crippen molar-refractivity contribution in [3.05, 3.63) is 35.1 Å². The molecule has 0 aliphatic carbocycles. The summed E-state index contributed by atoms with van der Waals surface area (Å²) in [6.45, 7) is 6.97. The zero-order chi connectivity index (χ0) is 14.4. The number of rotatable bonds is 8. The van der Waals surface area contributed by atoms with Crippen molar-refractivity contribution in [2.45, 2.75) is 39.7 Å². The Labute approximate surface area is 121 Å². The van der Waals surface area contributed by atoms with E-state index in [1.165, 1.54) is 16.5 Å². The molecule has 0 unspecified atom stereocenters. The zero-order valence-corrected chi connectivity index (χ0v) is 12.8. The van der Waals surface area contributed by atoms with Gasteiger partial charge in [0.2, 0.25) is 0 Å². The minimum Gasteiger partial charge on any atom is -0.459 e. The van der Waals surface area contributed by atoms with Gasteiger partial charge in [0.05, 0.1) is 13.2 Å². The first-order valence-corrected chi connectivity index (χ1v) is 7.53. The quantitative estimate of drug-likeness (QED) is 0.746. The Morgan fingerprint density at radius 2 is 2.10 bits per heavy atom. The van der Waals surface area contributed by atoms with Crippen molar-refractivity contribution in [2.24, 2.45) is 0 Å². The van der Waals surface area contributed by atoms with Crippen LogP contribution in [0, 0.1) is 0 Å². The number of fused-ring (bicyclic) bond motifs is 1. The second-order valence-electron chi connectivity index (χ2n) is 5.11. The first-order valence-electron chi connectivity index (χ1n) is 7.53. The molecule has 0 saturated carbocycles. The summed E-state index contributed by atoms with van der Waals surface area (Å²) in [5.74, 6) is 1.08. The van der Waals surface area contributed by atoms with Gasteiger partial charge in [-0.15, -0.1) is 0 Å². The fourth-order valence-electron chi connectivity index (χ4n) is 2.53. The van der Waals surface area contributed by atoms with E-state index in [0.717, 1.165) is 50.3 Å². The molecule has 0 saturated heterocycles. The topological polar surface area (TPSA) is 34.4 Å². The first kappa shape index (κ1) is 15.1. The molecule has 0 fully saturated rings. The molecule has 110 valence electrons. The molecule has 1 aromatic heterocycles. The van der Waals surface area contributed by atoms with Crippen LogP contribution < -0.4 is 5.32 Å². The lowest BCUT2D eigenvalue weighted by atomic mass is 10.0. The lowest BCUT2D eigenvalue weighted by Crippen LogP contribution is -2.14. The van der Waals surface area contributed by atoms with Gasteiger partial charge >= 0.3 is 0 Å². The van der Waals surface area contributed by atoms with Gasteiger partial charge in [0.25, 0.3) is 0 Å². The maximum Gasteiger partial charge on any atom is 0.134 e. The summed E-state index contributed by atoms with van der Waals surface area (Å²) in [6.07, 6.45) is 3.09. The SMILES string of the molecule is CCCNCc1oc2ccc(CCOC)cc2c1CC. The maximum absolute atomic E-state index is 6.00. The summed E-state index contributed by atoms with van der Waals surface area (Å²) in [4.78, 5) is 0. The summed E-state index contributed by atoms with van der Waals surface area (Å²) in [6, 6.07) is 6.47. The summed E-state index contributed by atoms with van der Waals surface area (Å²) >= 11 is 0. The van der Waals surface area contributed by atoms with E-state index in [1.807, 2.05) is 0 Å². The third kappa shape index (κ3) is 3.41. The predicted octanol–water partition coefficient (Wildman–Crippen LogP) is 3.68. The van der Waals surface area contributed by atoms with Gasteiger partial charge in [-0.3, -0.25) is 0 Å². The molecule has 0 atom stereocenters. The van der Waals surface area contributed by atoms with E-state index >= 15 is 0 Å². The fourth-order valence-corrected chi connectivity index (χ4v) is 2.53. The van der Waals surface area contributed by atoms with Gasteiger partial charge in [-0.25, -0.2) is 0 Å². The van der Waals surface area contributed by atoms with Crippen LogP contribution in [0.15, 0.2) is 22.6 Å². The predicted molar refractivity (Wildman–Crippen MR) is 83.2 cm³/mol. The van der Waals surface area contributed by atoms with Crippen molar-refractivity contribution in [3.8, 4) is 0 Å². The molecule has 2 aromatic rings. The lowest BCUT2D eigenvalue weighted by molar-refractivity contribution is 0.202. The number of nitrogens with one attached hydrogen (secondary N) is 1. The molecule has 3 nitrogen and oxygen atoms in total. The number of furan rings is 1. The van der Waals surface area contributed by atoms with Crippen molar-refractivity contribution in [3.63, 3.8) is 0 Å². The van der Waals surface area contributed by atoms with Crippen LogP contribution in [0.25, 0.3) is 11.0 Å². The van der Waals surface area contributed by atoms with Crippen molar-refractivity contribution in [1.82, 2.24) is 5.32 Å². The molecule has 1 aromatic carbocycles. The van der Waals surface area contributed by atoms with E-state index in [1.54, 1.807) is 7.11 Å². The van der Waals surface area contributed by atoms with E-state index in [0.29, 0.717) is 0 Å². The highest BCUT2D eigenvalue weighted by molar-refractivity contribution is 5.83. The third-order valence-electron chi connectivity index (χ3n) is 3.60. The maximum atomic E-state index is 6.00. The highest BCUT2D eigenvalue weighted by atomic mass is 16.5. The fraction of sp³-hybridized carbons (Fsp3) is 0.529. The molecule has 0 spiro atoms. The van der Waals surface area contributed by atoms with Crippen molar-refractivity contribution < 1.29 is 9.15 Å². The van der Waals surface area contributed by atoms with Crippen LogP contribution in [0.1, 0.15) is 37.2 Å². The molecule has 0 aliphatic heterocycles. The highest BCUT2D eigenvalue weighted by Crippen LogP contribution is 2.27. The molecule has 20 heavy (non-hydrogen) atoms. The zero-order valence-electron chi connectivity index (χ0n) is 12.8. The van der Waals surface area contributed by atoms with Crippen molar-refractivity contribution in [2.75, 3.05) is 20.3 Å². The number of hydrogen-bond donors (Lipinski definition) is 1. The van der Waals surface area contributed by atoms with Crippen LogP contribution in [-0.2, 0) is 24.1 Å². The monoisotopic (exact) mass is 275 g/mol. The molecule has 2 rings (SSSR count). The standard InChI is InChI=1S/C17H25NO2/c1-4-9-18-12-17-14(5-2)15-11-13(8-10-19-3)6-7-16(15)20-17/h6-7,11,18H,4-5,8-10,12H2,1-3H3. The summed E-state index contributed by atoms with van der Waals surface area (Å²) in [5.41, 5.74) is 3.64. The Morgan fingerprint density at radius 3 is 2.80 bits per heavy atom. The number of methoxy groups -OCH3 is 1. The average Bonchev–Trinajstić information content (AvgIpc) is 2.82. The Bertz CT molecular complexity index is 545. The van der Waals surface area contributed by atoms with E-state index in [9.17, 15) is 0 Å². The summed E-state index contributed by atoms with van der Waals surface area (Å²) in [7, 11) is 1.74. The Kier molecular flexibility index (Phi) is 5.62. The van der Waals surface area contributed by atoms with E-state index in [2.05, 4.69) is 37.4 Å². The van der Waals surface area contributed by atoms with E-state index < -0.39 is 0 Å².